The molecule has 2 aromatic carbocycles. The number of oxime groups is 1. The van der Waals surface area contributed by atoms with Crippen LogP contribution in [-0.2, 0) is 15.3 Å². The van der Waals surface area contributed by atoms with Crippen LogP contribution in [0.2, 0.25) is 0 Å². The van der Waals surface area contributed by atoms with Gasteiger partial charge in [0.25, 0.3) is 5.67 Å². The fraction of sp³-hybridized carbons (Fsp3) is 0.0667. The van der Waals surface area contributed by atoms with E-state index in [9.17, 15) is 9.18 Å². The van der Waals surface area contributed by atoms with E-state index in [1.165, 1.54) is 12.1 Å². The molecule has 0 spiro atoms. The maximum absolute atomic E-state index is 15.2. The van der Waals surface area contributed by atoms with E-state index in [1.807, 2.05) is 0 Å². The third kappa shape index (κ3) is 1.79. The van der Waals surface area contributed by atoms with E-state index in [-0.39, 0.29) is 11.3 Å². The highest BCUT2D eigenvalue weighted by Gasteiger charge is 2.53. The number of carbonyl (C=O) groups excluding carboxylic acids is 1. The van der Waals surface area contributed by atoms with Crippen LogP contribution in [-0.4, -0.2) is 11.7 Å². The van der Waals surface area contributed by atoms with E-state index in [1.54, 1.807) is 30.3 Å². The van der Waals surface area contributed by atoms with Gasteiger partial charge in [0.05, 0.1) is 0 Å². The van der Waals surface area contributed by atoms with Crippen molar-refractivity contribution >= 4 is 11.7 Å². The summed E-state index contributed by atoms with van der Waals surface area (Å²) in [6.07, 6.45) is 0. The van der Waals surface area contributed by atoms with E-state index >= 15 is 4.39 Å². The third-order valence-electron chi connectivity index (χ3n) is 3.12. The minimum atomic E-state index is -2.52. The molecule has 0 N–H and O–H groups in total. The largest absolute Gasteiger partial charge is 0.382 e. The van der Waals surface area contributed by atoms with Crippen molar-refractivity contribution in [3.05, 3.63) is 71.5 Å². The highest BCUT2D eigenvalue weighted by Crippen LogP contribution is 2.36. The SMILES string of the molecule is O=C1ON=C(c2ccccc2)C1(F)c1ccc(F)cc1. The Morgan fingerprint density at radius 2 is 1.65 bits per heavy atom. The summed E-state index contributed by atoms with van der Waals surface area (Å²) in [7, 11) is 0. The van der Waals surface area contributed by atoms with Gasteiger partial charge in [-0.15, -0.1) is 0 Å². The highest BCUT2D eigenvalue weighted by atomic mass is 19.1. The quantitative estimate of drug-likeness (QED) is 0.789. The van der Waals surface area contributed by atoms with Gasteiger partial charge in [-0.2, -0.15) is 0 Å². The normalized spacial score (nSPS) is 21.5. The van der Waals surface area contributed by atoms with Crippen molar-refractivity contribution in [2.45, 2.75) is 5.67 Å². The first-order valence-electron chi connectivity index (χ1n) is 5.92. The third-order valence-corrected chi connectivity index (χ3v) is 3.12. The van der Waals surface area contributed by atoms with Gasteiger partial charge in [0.2, 0.25) is 0 Å². The summed E-state index contributed by atoms with van der Waals surface area (Å²) in [5.74, 6) is -1.63. The van der Waals surface area contributed by atoms with Crippen LogP contribution in [0, 0.1) is 5.82 Å². The van der Waals surface area contributed by atoms with Crippen LogP contribution in [0.15, 0.2) is 59.8 Å². The molecule has 1 atom stereocenters. The van der Waals surface area contributed by atoms with Crippen molar-refractivity contribution < 1.29 is 18.4 Å². The lowest BCUT2D eigenvalue weighted by atomic mass is 9.87. The molecule has 0 aromatic heterocycles. The average Bonchev–Trinajstić information content (AvgIpc) is 2.78. The molecule has 3 nitrogen and oxygen atoms in total. The van der Waals surface area contributed by atoms with Crippen LogP contribution in [0.5, 0.6) is 0 Å². The van der Waals surface area contributed by atoms with Crippen LogP contribution in [0.25, 0.3) is 0 Å². The predicted octanol–water partition coefficient (Wildman–Crippen LogP) is 2.95. The van der Waals surface area contributed by atoms with Gasteiger partial charge in [0.1, 0.15) is 11.5 Å². The van der Waals surface area contributed by atoms with Crippen LogP contribution in [0.1, 0.15) is 11.1 Å². The number of hydrogen-bond acceptors (Lipinski definition) is 3. The summed E-state index contributed by atoms with van der Waals surface area (Å²) in [5, 5.41) is 3.54. The average molecular weight is 273 g/mol. The summed E-state index contributed by atoms with van der Waals surface area (Å²) in [6.45, 7) is 0. The Labute approximate surface area is 113 Å². The maximum Gasteiger partial charge on any atom is 0.382 e. The number of rotatable bonds is 2. The van der Waals surface area contributed by atoms with Gasteiger partial charge >= 0.3 is 5.97 Å². The molecule has 0 bridgehead atoms. The molecule has 1 aliphatic heterocycles. The van der Waals surface area contributed by atoms with Gasteiger partial charge in [-0.05, 0) is 12.1 Å². The number of carbonyl (C=O) groups is 1. The zero-order valence-corrected chi connectivity index (χ0v) is 10.2. The Morgan fingerprint density at radius 1 is 1.00 bits per heavy atom. The van der Waals surface area contributed by atoms with Crippen LogP contribution in [0.4, 0.5) is 8.78 Å². The first-order valence-corrected chi connectivity index (χ1v) is 5.92. The van der Waals surface area contributed by atoms with E-state index in [4.69, 9.17) is 0 Å². The van der Waals surface area contributed by atoms with Gasteiger partial charge in [-0.1, -0.05) is 47.6 Å². The van der Waals surface area contributed by atoms with Gasteiger partial charge in [0.15, 0.2) is 0 Å². The minimum absolute atomic E-state index is 0.0102. The number of alkyl halides is 1. The van der Waals surface area contributed by atoms with Crippen LogP contribution < -0.4 is 0 Å². The van der Waals surface area contributed by atoms with Crippen molar-refractivity contribution in [1.82, 2.24) is 0 Å². The van der Waals surface area contributed by atoms with E-state index in [0.717, 1.165) is 12.1 Å². The molecule has 2 aromatic rings. The van der Waals surface area contributed by atoms with E-state index in [2.05, 4.69) is 9.99 Å². The van der Waals surface area contributed by atoms with Crippen LogP contribution in [0.3, 0.4) is 0 Å². The Morgan fingerprint density at radius 3 is 2.30 bits per heavy atom. The molecule has 0 fully saturated rings. The minimum Gasteiger partial charge on any atom is -0.313 e. The second-order valence-corrected chi connectivity index (χ2v) is 4.35. The number of nitrogens with zero attached hydrogens (tertiary/aromatic N) is 1. The first-order chi connectivity index (χ1) is 9.62. The lowest BCUT2D eigenvalue weighted by Crippen LogP contribution is -2.36. The van der Waals surface area contributed by atoms with Crippen molar-refractivity contribution in [1.29, 1.82) is 0 Å². The second kappa shape index (κ2) is 4.52. The summed E-state index contributed by atoms with van der Waals surface area (Å²) in [6, 6.07) is 13.0. The Kier molecular flexibility index (Phi) is 2.82. The Bertz CT molecular complexity index is 683. The van der Waals surface area contributed by atoms with Gasteiger partial charge in [-0.25, -0.2) is 13.6 Å². The maximum atomic E-state index is 15.2. The molecule has 0 saturated carbocycles. The summed E-state index contributed by atoms with van der Waals surface area (Å²) in [4.78, 5) is 16.3. The lowest BCUT2D eigenvalue weighted by Gasteiger charge is -2.17. The van der Waals surface area contributed by atoms with Gasteiger partial charge in [-0.3, -0.25) is 0 Å². The summed E-state index contributed by atoms with van der Waals surface area (Å²) >= 11 is 0. The van der Waals surface area contributed by atoms with Gasteiger partial charge in [0, 0.05) is 11.1 Å². The molecule has 1 heterocycles. The number of halogens is 2. The summed E-state index contributed by atoms with van der Waals surface area (Å²) in [5.41, 5.74) is -2.22. The molecule has 3 rings (SSSR count). The molecular formula is C15H9F2NO2. The summed E-state index contributed by atoms with van der Waals surface area (Å²) < 4.78 is 28.1. The fourth-order valence-corrected chi connectivity index (χ4v) is 2.09. The molecule has 100 valence electrons. The predicted molar refractivity (Wildman–Crippen MR) is 68.3 cm³/mol. The molecule has 20 heavy (non-hydrogen) atoms. The van der Waals surface area contributed by atoms with Crippen molar-refractivity contribution in [2.75, 3.05) is 0 Å². The zero-order valence-electron chi connectivity index (χ0n) is 10.2. The smallest absolute Gasteiger partial charge is 0.313 e. The standard InChI is InChI=1S/C15H9F2NO2/c16-12-8-6-11(7-9-12)15(17)13(18-20-14(15)19)10-4-2-1-3-5-10/h1-9H. The zero-order chi connectivity index (χ0) is 14.2. The van der Waals surface area contributed by atoms with E-state index < -0.39 is 17.5 Å². The van der Waals surface area contributed by atoms with Crippen molar-refractivity contribution in [3.63, 3.8) is 0 Å². The van der Waals surface area contributed by atoms with Gasteiger partial charge < -0.3 is 4.84 Å². The molecule has 0 aliphatic carbocycles. The molecule has 5 heteroatoms. The number of hydrogen-bond donors (Lipinski definition) is 0. The first kappa shape index (κ1) is 12.5. The monoisotopic (exact) mass is 273 g/mol. The van der Waals surface area contributed by atoms with Crippen LogP contribution >= 0.6 is 0 Å². The highest BCUT2D eigenvalue weighted by molar-refractivity contribution is 6.20. The molecule has 0 saturated heterocycles. The second-order valence-electron chi connectivity index (χ2n) is 4.35. The van der Waals surface area contributed by atoms with Crippen molar-refractivity contribution in [2.24, 2.45) is 5.16 Å². The molecule has 1 aliphatic rings. The Hall–Kier alpha value is -2.56. The Balaban J connectivity index is 2.12. The van der Waals surface area contributed by atoms with Crippen molar-refractivity contribution in [3.8, 4) is 0 Å². The molecule has 1 unspecified atom stereocenters. The molecular weight excluding hydrogens is 264 g/mol. The topological polar surface area (TPSA) is 38.7 Å². The fourth-order valence-electron chi connectivity index (χ4n) is 2.09. The lowest BCUT2D eigenvalue weighted by molar-refractivity contribution is -0.149. The molecule has 0 radical (unpaired) electrons. The van der Waals surface area contributed by atoms with E-state index in [0.29, 0.717) is 5.56 Å². The number of benzene rings is 2. The molecule has 0 amide bonds.